The molecule has 1 fully saturated rings. The smallest absolute Gasteiger partial charge is 0.220 e. The Balaban J connectivity index is 1.96. The number of nitrogens with zero attached hydrogens (tertiary/aromatic N) is 1. The molecule has 5 heteroatoms. The molecular formula is C14H16BrN3O. The van der Waals surface area contributed by atoms with E-state index in [0.717, 1.165) is 35.8 Å². The van der Waals surface area contributed by atoms with Crippen LogP contribution in [0.4, 0.5) is 5.69 Å². The van der Waals surface area contributed by atoms with Crippen molar-refractivity contribution in [1.29, 1.82) is 5.26 Å². The summed E-state index contributed by atoms with van der Waals surface area (Å²) in [5.41, 5.74) is 6.95. The molecule has 0 radical (unpaired) electrons. The molecule has 0 aliphatic heterocycles. The predicted octanol–water partition coefficient (Wildman–Crippen LogP) is 2.78. The molecule has 2 rings (SSSR count). The van der Waals surface area contributed by atoms with Gasteiger partial charge in [-0.1, -0.05) is 0 Å². The molecule has 19 heavy (non-hydrogen) atoms. The van der Waals surface area contributed by atoms with Gasteiger partial charge in [-0.3, -0.25) is 4.79 Å². The Kier molecular flexibility index (Phi) is 4.43. The van der Waals surface area contributed by atoms with E-state index >= 15 is 0 Å². The summed E-state index contributed by atoms with van der Waals surface area (Å²) < 4.78 is 0.892. The van der Waals surface area contributed by atoms with E-state index in [2.05, 4.69) is 27.3 Å². The summed E-state index contributed by atoms with van der Waals surface area (Å²) in [5, 5.41) is 12.3. The van der Waals surface area contributed by atoms with Crippen LogP contribution in [0.25, 0.3) is 0 Å². The van der Waals surface area contributed by atoms with Gasteiger partial charge in [-0.2, -0.15) is 5.26 Å². The summed E-state index contributed by atoms with van der Waals surface area (Å²) in [7, 11) is 0. The normalized spacial score (nSPS) is 22.5. The number of nitrogens with two attached hydrogens (primary N) is 1. The van der Waals surface area contributed by atoms with Crippen molar-refractivity contribution in [1.82, 2.24) is 0 Å². The topological polar surface area (TPSA) is 78.9 Å². The first-order valence-corrected chi connectivity index (χ1v) is 7.15. The zero-order valence-corrected chi connectivity index (χ0v) is 12.1. The second kappa shape index (κ2) is 6.07. The van der Waals surface area contributed by atoms with E-state index in [0.29, 0.717) is 11.6 Å². The summed E-state index contributed by atoms with van der Waals surface area (Å²) in [6.07, 6.45) is 3.59. The van der Waals surface area contributed by atoms with E-state index in [-0.39, 0.29) is 11.8 Å². The van der Waals surface area contributed by atoms with Gasteiger partial charge in [0.1, 0.15) is 0 Å². The number of benzene rings is 1. The Bertz CT molecular complexity index is 516. The molecule has 100 valence electrons. The van der Waals surface area contributed by atoms with E-state index in [1.807, 2.05) is 6.07 Å². The lowest BCUT2D eigenvalue weighted by atomic mass is 9.85. The van der Waals surface area contributed by atoms with Gasteiger partial charge in [0.05, 0.1) is 11.6 Å². The largest absolute Gasteiger partial charge is 0.381 e. The van der Waals surface area contributed by atoms with E-state index in [1.165, 1.54) is 0 Å². The maximum atomic E-state index is 11.1. The van der Waals surface area contributed by atoms with Crippen LogP contribution in [-0.4, -0.2) is 11.9 Å². The van der Waals surface area contributed by atoms with Crippen LogP contribution >= 0.6 is 15.9 Å². The molecule has 1 aromatic rings. The quantitative estimate of drug-likeness (QED) is 0.898. The zero-order chi connectivity index (χ0) is 13.8. The number of nitrogens with one attached hydrogen (secondary N) is 1. The van der Waals surface area contributed by atoms with Crippen molar-refractivity contribution in [3.8, 4) is 6.07 Å². The second-order valence-electron chi connectivity index (χ2n) is 4.90. The van der Waals surface area contributed by atoms with Crippen molar-refractivity contribution >= 4 is 27.5 Å². The second-order valence-corrected chi connectivity index (χ2v) is 5.76. The Morgan fingerprint density at radius 3 is 2.58 bits per heavy atom. The minimum Gasteiger partial charge on any atom is -0.381 e. The Labute approximate surface area is 121 Å². The van der Waals surface area contributed by atoms with Gasteiger partial charge in [-0.05, 0) is 59.8 Å². The molecule has 0 aromatic heterocycles. The molecule has 3 N–H and O–H groups in total. The molecular weight excluding hydrogens is 306 g/mol. The number of amides is 1. The maximum absolute atomic E-state index is 11.1. The van der Waals surface area contributed by atoms with Gasteiger partial charge >= 0.3 is 0 Å². The number of rotatable bonds is 3. The van der Waals surface area contributed by atoms with E-state index < -0.39 is 0 Å². The van der Waals surface area contributed by atoms with Crippen molar-refractivity contribution in [2.24, 2.45) is 11.7 Å². The summed E-state index contributed by atoms with van der Waals surface area (Å²) in [4.78, 5) is 11.1. The predicted molar refractivity (Wildman–Crippen MR) is 77.4 cm³/mol. The van der Waals surface area contributed by atoms with Gasteiger partial charge < -0.3 is 11.1 Å². The fourth-order valence-corrected chi connectivity index (χ4v) is 2.94. The highest BCUT2D eigenvalue weighted by Gasteiger charge is 2.24. The highest BCUT2D eigenvalue weighted by Crippen LogP contribution is 2.29. The lowest BCUT2D eigenvalue weighted by Crippen LogP contribution is -2.32. The van der Waals surface area contributed by atoms with Crippen LogP contribution < -0.4 is 11.1 Å². The van der Waals surface area contributed by atoms with E-state index in [1.54, 1.807) is 12.1 Å². The average Bonchev–Trinajstić information content (AvgIpc) is 2.41. The summed E-state index contributed by atoms with van der Waals surface area (Å²) >= 11 is 3.46. The fourth-order valence-electron chi connectivity index (χ4n) is 2.44. The van der Waals surface area contributed by atoms with Gasteiger partial charge in [0, 0.05) is 22.1 Å². The molecule has 0 heterocycles. The number of carbonyl (C=O) groups is 1. The Hall–Kier alpha value is -1.54. The van der Waals surface area contributed by atoms with Crippen molar-refractivity contribution in [2.75, 3.05) is 5.32 Å². The van der Waals surface area contributed by atoms with Crippen molar-refractivity contribution < 1.29 is 4.79 Å². The van der Waals surface area contributed by atoms with Gasteiger partial charge in [0.25, 0.3) is 0 Å². The van der Waals surface area contributed by atoms with Crippen LogP contribution in [-0.2, 0) is 4.79 Å². The molecule has 1 saturated carbocycles. The minimum atomic E-state index is -0.182. The number of halogens is 1. The van der Waals surface area contributed by atoms with Gasteiger partial charge in [-0.25, -0.2) is 0 Å². The minimum absolute atomic E-state index is 0.0301. The SMILES string of the molecule is N#Cc1ccc(NC2CCC(C(N)=O)CC2)c(Br)c1. The molecule has 1 amide bonds. The number of primary amides is 1. The highest BCUT2D eigenvalue weighted by atomic mass is 79.9. The average molecular weight is 322 g/mol. The van der Waals surface area contributed by atoms with Crippen LogP contribution in [0, 0.1) is 17.2 Å². The van der Waals surface area contributed by atoms with Crippen LogP contribution in [0.2, 0.25) is 0 Å². The Morgan fingerprint density at radius 2 is 2.05 bits per heavy atom. The summed E-state index contributed by atoms with van der Waals surface area (Å²) in [5.74, 6) is -0.152. The first-order chi connectivity index (χ1) is 9.10. The monoisotopic (exact) mass is 321 g/mol. The summed E-state index contributed by atoms with van der Waals surface area (Å²) in [6.45, 7) is 0. The fraction of sp³-hybridized carbons (Fsp3) is 0.429. The molecule has 4 nitrogen and oxygen atoms in total. The lowest BCUT2D eigenvalue weighted by Gasteiger charge is -2.28. The molecule has 0 bridgehead atoms. The standard InChI is InChI=1S/C14H16BrN3O/c15-12-7-9(8-16)1-6-13(12)18-11-4-2-10(3-5-11)14(17)19/h1,6-7,10-11,18H,2-5H2,(H2,17,19). The molecule has 0 unspecified atom stereocenters. The third-order valence-corrected chi connectivity index (χ3v) is 4.24. The number of carbonyl (C=O) groups excluding carboxylic acids is 1. The third kappa shape index (κ3) is 3.48. The number of nitriles is 1. The van der Waals surface area contributed by atoms with E-state index in [4.69, 9.17) is 11.0 Å². The van der Waals surface area contributed by atoms with Crippen molar-refractivity contribution in [3.05, 3.63) is 28.2 Å². The highest BCUT2D eigenvalue weighted by molar-refractivity contribution is 9.10. The van der Waals surface area contributed by atoms with Crippen LogP contribution in [0.3, 0.4) is 0 Å². The first-order valence-electron chi connectivity index (χ1n) is 6.35. The van der Waals surface area contributed by atoms with Crippen molar-refractivity contribution in [3.63, 3.8) is 0 Å². The third-order valence-electron chi connectivity index (χ3n) is 3.59. The van der Waals surface area contributed by atoms with Crippen LogP contribution in [0.5, 0.6) is 0 Å². The van der Waals surface area contributed by atoms with Gasteiger partial charge in [0.15, 0.2) is 0 Å². The lowest BCUT2D eigenvalue weighted by molar-refractivity contribution is -0.122. The maximum Gasteiger partial charge on any atom is 0.220 e. The molecule has 1 aliphatic rings. The number of anilines is 1. The molecule has 0 atom stereocenters. The van der Waals surface area contributed by atoms with Crippen LogP contribution in [0.1, 0.15) is 31.2 Å². The van der Waals surface area contributed by atoms with E-state index in [9.17, 15) is 4.79 Å². The van der Waals surface area contributed by atoms with Crippen molar-refractivity contribution in [2.45, 2.75) is 31.7 Å². The Morgan fingerprint density at radius 1 is 1.37 bits per heavy atom. The van der Waals surface area contributed by atoms with Gasteiger partial charge in [0.2, 0.25) is 5.91 Å². The molecule has 1 aliphatic carbocycles. The molecule has 1 aromatic carbocycles. The number of hydrogen-bond acceptors (Lipinski definition) is 3. The molecule has 0 spiro atoms. The first kappa shape index (κ1) is 13.9. The summed E-state index contributed by atoms with van der Waals surface area (Å²) in [6, 6.07) is 7.97. The van der Waals surface area contributed by atoms with Crippen LogP contribution in [0.15, 0.2) is 22.7 Å². The zero-order valence-electron chi connectivity index (χ0n) is 10.5. The number of hydrogen-bond donors (Lipinski definition) is 2. The van der Waals surface area contributed by atoms with Gasteiger partial charge in [-0.15, -0.1) is 0 Å². The molecule has 0 saturated heterocycles.